The molecule has 3 rings (SSSR count). The molecule has 4 nitrogen and oxygen atoms in total. The summed E-state index contributed by atoms with van der Waals surface area (Å²) >= 11 is 0. The van der Waals surface area contributed by atoms with Crippen molar-refractivity contribution in [2.45, 2.75) is 76.3 Å². The molecule has 2 aliphatic carbocycles. The van der Waals surface area contributed by atoms with Gasteiger partial charge in [-0.2, -0.15) is 0 Å². The Morgan fingerprint density at radius 1 is 1.00 bits per heavy atom. The molecule has 0 saturated heterocycles. The van der Waals surface area contributed by atoms with Gasteiger partial charge in [0.05, 0.1) is 5.56 Å². The van der Waals surface area contributed by atoms with Gasteiger partial charge < -0.3 is 10.6 Å². The maximum absolute atomic E-state index is 7.91. The van der Waals surface area contributed by atoms with Crippen LogP contribution < -0.4 is 10.6 Å². The van der Waals surface area contributed by atoms with E-state index in [0.29, 0.717) is 12.1 Å². The molecule has 1 heterocycles. The molecular weight excluding hydrogens is 272 g/mol. The van der Waals surface area contributed by atoms with Gasteiger partial charge in [-0.15, -0.1) is 0 Å². The molecule has 0 aromatic carbocycles. The number of pyridine rings is 1. The zero-order valence-corrected chi connectivity index (χ0v) is 13.4. The number of hydrogen-bond donors (Lipinski definition) is 2. The third-order valence-corrected chi connectivity index (χ3v) is 5.26. The van der Waals surface area contributed by atoms with Gasteiger partial charge in [0.2, 0.25) is 0 Å². The maximum atomic E-state index is 7.91. The van der Waals surface area contributed by atoms with Gasteiger partial charge in [0.15, 0.2) is 0 Å². The minimum Gasteiger partial charge on any atom is -0.384 e. The standard InChI is InChI=1S/C18H28N4/c19-17(20)16-12-7-13-21-18(16)22(14-8-3-1-4-9-14)15-10-5-2-6-11-15/h7,12-15H,1-6,8-11H2,(H3,19,20). The van der Waals surface area contributed by atoms with Crippen molar-refractivity contribution in [2.75, 3.05) is 4.90 Å². The van der Waals surface area contributed by atoms with Crippen LogP contribution in [0, 0.1) is 5.41 Å². The molecule has 0 spiro atoms. The second-order valence-electron chi connectivity index (χ2n) is 6.78. The van der Waals surface area contributed by atoms with Crippen LogP contribution >= 0.6 is 0 Å². The van der Waals surface area contributed by atoms with E-state index < -0.39 is 0 Å². The monoisotopic (exact) mass is 300 g/mol. The van der Waals surface area contributed by atoms with Gasteiger partial charge in [-0.05, 0) is 37.8 Å². The Kier molecular flexibility index (Phi) is 4.96. The van der Waals surface area contributed by atoms with Gasteiger partial charge >= 0.3 is 0 Å². The zero-order chi connectivity index (χ0) is 15.4. The van der Waals surface area contributed by atoms with Crippen LogP contribution in [0.2, 0.25) is 0 Å². The Labute approximate surface area is 133 Å². The molecule has 0 radical (unpaired) electrons. The predicted molar refractivity (Wildman–Crippen MR) is 91.5 cm³/mol. The lowest BCUT2D eigenvalue weighted by Gasteiger charge is -2.43. The first kappa shape index (κ1) is 15.3. The second kappa shape index (κ2) is 7.12. The molecule has 2 saturated carbocycles. The number of rotatable bonds is 4. The average Bonchev–Trinajstić information content (AvgIpc) is 2.57. The molecule has 22 heavy (non-hydrogen) atoms. The molecule has 2 fully saturated rings. The summed E-state index contributed by atoms with van der Waals surface area (Å²) < 4.78 is 0. The fourth-order valence-electron chi connectivity index (χ4n) is 4.18. The van der Waals surface area contributed by atoms with E-state index in [1.54, 1.807) is 0 Å². The van der Waals surface area contributed by atoms with Gasteiger partial charge in [-0.25, -0.2) is 4.98 Å². The average molecular weight is 300 g/mol. The summed E-state index contributed by atoms with van der Waals surface area (Å²) in [6.07, 6.45) is 14.8. The summed E-state index contributed by atoms with van der Waals surface area (Å²) in [5.41, 5.74) is 6.63. The minimum atomic E-state index is 0.139. The van der Waals surface area contributed by atoms with Crippen molar-refractivity contribution < 1.29 is 0 Å². The van der Waals surface area contributed by atoms with Crippen molar-refractivity contribution in [3.63, 3.8) is 0 Å². The van der Waals surface area contributed by atoms with E-state index in [4.69, 9.17) is 11.1 Å². The fraction of sp³-hybridized carbons (Fsp3) is 0.667. The highest BCUT2D eigenvalue weighted by molar-refractivity contribution is 5.99. The number of aromatic nitrogens is 1. The van der Waals surface area contributed by atoms with Crippen molar-refractivity contribution in [2.24, 2.45) is 5.73 Å². The number of hydrogen-bond acceptors (Lipinski definition) is 3. The van der Waals surface area contributed by atoms with Gasteiger partial charge in [0.1, 0.15) is 11.7 Å². The van der Waals surface area contributed by atoms with Crippen LogP contribution in [0.4, 0.5) is 5.82 Å². The van der Waals surface area contributed by atoms with Crippen molar-refractivity contribution in [1.82, 2.24) is 4.98 Å². The Bertz CT molecular complexity index is 484. The van der Waals surface area contributed by atoms with E-state index >= 15 is 0 Å². The summed E-state index contributed by atoms with van der Waals surface area (Å²) in [4.78, 5) is 7.21. The molecular formula is C18H28N4. The van der Waals surface area contributed by atoms with Crippen molar-refractivity contribution in [1.29, 1.82) is 5.41 Å². The van der Waals surface area contributed by atoms with Crippen molar-refractivity contribution in [3.8, 4) is 0 Å². The molecule has 0 unspecified atom stereocenters. The summed E-state index contributed by atoms with van der Waals surface area (Å²) in [5.74, 6) is 1.09. The summed E-state index contributed by atoms with van der Waals surface area (Å²) in [7, 11) is 0. The topological polar surface area (TPSA) is 66.0 Å². The Morgan fingerprint density at radius 2 is 1.55 bits per heavy atom. The maximum Gasteiger partial charge on any atom is 0.140 e. The molecule has 3 N–H and O–H groups in total. The van der Waals surface area contributed by atoms with E-state index in [2.05, 4.69) is 9.88 Å². The van der Waals surface area contributed by atoms with E-state index in [1.807, 2.05) is 18.3 Å². The van der Waals surface area contributed by atoms with Gasteiger partial charge in [-0.1, -0.05) is 38.5 Å². The molecule has 1 aromatic rings. The lowest BCUT2D eigenvalue weighted by atomic mass is 9.88. The largest absolute Gasteiger partial charge is 0.384 e. The number of amidine groups is 1. The number of nitrogens with zero attached hydrogens (tertiary/aromatic N) is 2. The molecule has 0 bridgehead atoms. The normalized spacial score (nSPS) is 20.7. The lowest BCUT2D eigenvalue weighted by molar-refractivity contribution is 0.337. The first-order chi connectivity index (χ1) is 10.8. The van der Waals surface area contributed by atoms with Gasteiger partial charge in [0.25, 0.3) is 0 Å². The highest BCUT2D eigenvalue weighted by Gasteiger charge is 2.31. The summed E-state index contributed by atoms with van der Waals surface area (Å²) in [6, 6.07) is 4.98. The minimum absolute atomic E-state index is 0.139. The first-order valence-corrected chi connectivity index (χ1v) is 8.85. The van der Waals surface area contributed by atoms with Crippen LogP contribution in [0.25, 0.3) is 0 Å². The highest BCUT2D eigenvalue weighted by atomic mass is 15.2. The van der Waals surface area contributed by atoms with Crippen molar-refractivity contribution >= 4 is 11.7 Å². The molecule has 4 heteroatoms. The molecule has 0 amide bonds. The Hall–Kier alpha value is -1.58. The zero-order valence-electron chi connectivity index (χ0n) is 13.4. The Morgan fingerprint density at radius 3 is 2.05 bits per heavy atom. The summed E-state index contributed by atoms with van der Waals surface area (Å²) in [6.45, 7) is 0. The molecule has 0 atom stereocenters. The van der Waals surface area contributed by atoms with Crippen LogP contribution in [-0.2, 0) is 0 Å². The number of nitrogens with one attached hydrogen (secondary N) is 1. The van der Waals surface area contributed by atoms with E-state index in [9.17, 15) is 0 Å². The third-order valence-electron chi connectivity index (χ3n) is 5.26. The van der Waals surface area contributed by atoms with Crippen LogP contribution in [0.3, 0.4) is 0 Å². The van der Waals surface area contributed by atoms with Crippen LogP contribution in [0.5, 0.6) is 0 Å². The Balaban J connectivity index is 1.95. The number of nitrogen functional groups attached to an aromatic ring is 1. The molecule has 120 valence electrons. The first-order valence-electron chi connectivity index (χ1n) is 8.85. The molecule has 1 aromatic heterocycles. The summed E-state index contributed by atoms with van der Waals surface area (Å²) in [5, 5.41) is 7.91. The van der Waals surface area contributed by atoms with E-state index in [0.717, 1.165) is 11.4 Å². The molecule has 2 aliphatic rings. The molecule has 0 aliphatic heterocycles. The second-order valence-corrected chi connectivity index (χ2v) is 6.78. The third kappa shape index (κ3) is 3.26. The van der Waals surface area contributed by atoms with Crippen LogP contribution in [-0.4, -0.2) is 22.9 Å². The van der Waals surface area contributed by atoms with E-state index in [1.165, 1.54) is 64.2 Å². The number of anilines is 1. The number of nitrogens with two attached hydrogens (primary N) is 1. The van der Waals surface area contributed by atoms with Crippen molar-refractivity contribution in [3.05, 3.63) is 23.9 Å². The van der Waals surface area contributed by atoms with E-state index in [-0.39, 0.29) is 5.84 Å². The van der Waals surface area contributed by atoms with Gasteiger partial charge in [-0.3, -0.25) is 5.41 Å². The SMILES string of the molecule is N=C(N)c1cccnc1N(C1CCCCC1)C1CCCCC1. The van der Waals surface area contributed by atoms with Gasteiger partial charge in [0, 0.05) is 18.3 Å². The van der Waals surface area contributed by atoms with Crippen LogP contribution in [0.1, 0.15) is 69.8 Å². The fourth-order valence-corrected chi connectivity index (χ4v) is 4.18. The highest BCUT2D eigenvalue weighted by Crippen LogP contribution is 2.34. The predicted octanol–water partition coefficient (Wildman–Crippen LogP) is 3.84. The van der Waals surface area contributed by atoms with Crippen LogP contribution in [0.15, 0.2) is 18.3 Å². The quantitative estimate of drug-likeness (QED) is 0.656. The lowest BCUT2D eigenvalue weighted by Crippen LogP contribution is -2.46. The smallest absolute Gasteiger partial charge is 0.140 e.